The first-order chi connectivity index (χ1) is 9.27. The average Bonchev–Trinajstić information content (AvgIpc) is 2.35. The Morgan fingerprint density at radius 3 is 2.50 bits per heavy atom. The normalized spacial score (nSPS) is 13.8. The van der Waals surface area contributed by atoms with Gasteiger partial charge in [-0.2, -0.15) is 8.78 Å². The van der Waals surface area contributed by atoms with Crippen molar-refractivity contribution < 1.29 is 26.7 Å². The molecule has 0 heterocycles. The Hall–Kier alpha value is -0.960. The average molecular weight is 319 g/mol. The molecule has 0 spiro atoms. The first-order valence-electron chi connectivity index (χ1n) is 5.42. The molecule has 0 aliphatic carbocycles. The van der Waals surface area contributed by atoms with E-state index >= 15 is 0 Å². The molecule has 0 aliphatic heterocycles. The lowest BCUT2D eigenvalue weighted by Gasteiger charge is -2.20. The van der Waals surface area contributed by atoms with E-state index in [0.717, 1.165) is 6.07 Å². The molecule has 3 N–H and O–H groups in total. The number of nitrogens with one attached hydrogen (secondary N) is 1. The molecule has 0 bridgehead atoms. The van der Waals surface area contributed by atoms with Crippen LogP contribution in [0.2, 0.25) is 5.02 Å². The molecular formula is C11H12ClF5N2O. The number of benzene rings is 1. The van der Waals surface area contributed by atoms with Crippen molar-refractivity contribution in [1.82, 2.24) is 5.43 Å². The molecule has 0 saturated heterocycles. The zero-order valence-corrected chi connectivity index (χ0v) is 10.8. The molecule has 1 aromatic carbocycles. The fourth-order valence-electron chi connectivity index (χ4n) is 1.39. The highest BCUT2D eigenvalue weighted by molar-refractivity contribution is 6.30. The van der Waals surface area contributed by atoms with Gasteiger partial charge in [0.2, 0.25) is 0 Å². The molecule has 0 aromatic heterocycles. The molecule has 1 rings (SSSR count). The second-order valence-electron chi connectivity index (χ2n) is 3.96. The second kappa shape index (κ2) is 7.16. The van der Waals surface area contributed by atoms with Crippen LogP contribution in [0, 0.1) is 5.82 Å². The minimum atomic E-state index is -4.27. The molecule has 0 aliphatic rings. The van der Waals surface area contributed by atoms with Crippen molar-refractivity contribution in [1.29, 1.82) is 0 Å². The van der Waals surface area contributed by atoms with Crippen molar-refractivity contribution >= 4 is 11.6 Å². The third-order valence-electron chi connectivity index (χ3n) is 2.44. The van der Waals surface area contributed by atoms with Crippen LogP contribution in [0.5, 0.6) is 0 Å². The summed E-state index contributed by atoms with van der Waals surface area (Å²) in [4.78, 5) is 0. The summed E-state index contributed by atoms with van der Waals surface area (Å²) in [6.07, 6.45) is -3.83. The van der Waals surface area contributed by atoms with Gasteiger partial charge in [-0.1, -0.05) is 17.7 Å². The van der Waals surface area contributed by atoms with Crippen molar-refractivity contribution in [2.45, 2.75) is 18.4 Å². The number of ether oxygens (including phenoxy) is 1. The van der Waals surface area contributed by atoms with E-state index < -0.39 is 37.4 Å². The number of rotatable bonds is 7. The van der Waals surface area contributed by atoms with Crippen LogP contribution in [-0.4, -0.2) is 25.6 Å². The Kier molecular flexibility index (Phi) is 6.12. The highest BCUT2D eigenvalue weighted by Crippen LogP contribution is 2.24. The third kappa shape index (κ3) is 4.55. The lowest BCUT2D eigenvalue weighted by molar-refractivity contribution is -0.167. The number of alkyl halides is 4. The minimum absolute atomic E-state index is 0.0252. The quantitative estimate of drug-likeness (QED) is 0.462. The largest absolute Gasteiger partial charge is 0.373 e. The van der Waals surface area contributed by atoms with Crippen LogP contribution in [-0.2, 0) is 4.74 Å². The predicted octanol–water partition coefficient (Wildman–Crippen LogP) is 2.90. The maximum atomic E-state index is 13.6. The van der Waals surface area contributed by atoms with E-state index in [1.165, 1.54) is 12.1 Å². The summed E-state index contributed by atoms with van der Waals surface area (Å²) >= 11 is 5.56. The molecule has 0 amide bonds. The molecular weight excluding hydrogens is 307 g/mol. The zero-order chi connectivity index (χ0) is 15.3. The van der Waals surface area contributed by atoms with Gasteiger partial charge in [0.15, 0.2) is 0 Å². The van der Waals surface area contributed by atoms with Gasteiger partial charge >= 0.3 is 12.3 Å². The Bertz CT molecular complexity index is 447. The summed E-state index contributed by atoms with van der Waals surface area (Å²) in [5.41, 5.74) is 2.18. The maximum Gasteiger partial charge on any atom is 0.330 e. The number of halogens is 6. The fourth-order valence-corrected chi connectivity index (χ4v) is 1.55. The van der Waals surface area contributed by atoms with Crippen LogP contribution in [0.4, 0.5) is 22.0 Å². The van der Waals surface area contributed by atoms with Gasteiger partial charge in [0, 0.05) is 10.6 Å². The van der Waals surface area contributed by atoms with Gasteiger partial charge in [0.25, 0.3) is 0 Å². The van der Waals surface area contributed by atoms with Crippen LogP contribution in [0.15, 0.2) is 18.2 Å². The van der Waals surface area contributed by atoms with Crippen LogP contribution in [0.1, 0.15) is 11.6 Å². The maximum absolute atomic E-state index is 13.6. The van der Waals surface area contributed by atoms with Crippen LogP contribution in [0.3, 0.4) is 0 Å². The van der Waals surface area contributed by atoms with Gasteiger partial charge in [0.1, 0.15) is 12.4 Å². The molecule has 1 aromatic rings. The lowest BCUT2D eigenvalue weighted by Crippen LogP contribution is -2.36. The molecule has 1 atom stereocenters. The molecule has 20 heavy (non-hydrogen) atoms. The molecule has 3 nitrogen and oxygen atoms in total. The van der Waals surface area contributed by atoms with Gasteiger partial charge in [-0.3, -0.25) is 11.3 Å². The number of hydrazine groups is 1. The fraction of sp³-hybridized carbons (Fsp3) is 0.455. The second-order valence-corrected chi connectivity index (χ2v) is 4.40. The molecule has 114 valence electrons. The summed E-state index contributed by atoms with van der Waals surface area (Å²) in [7, 11) is 0. The van der Waals surface area contributed by atoms with Gasteiger partial charge in [-0.15, -0.1) is 0 Å². The monoisotopic (exact) mass is 318 g/mol. The van der Waals surface area contributed by atoms with E-state index in [1.807, 2.05) is 0 Å². The van der Waals surface area contributed by atoms with E-state index in [1.54, 1.807) is 0 Å². The Morgan fingerprint density at radius 2 is 2.00 bits per heavy atom. The van der Waals surface area contributed by atoms with Crippen molar-refractivity contribution in [2.75, 3.05) is 13.2 Å². The zero-order valence-electron chi connectivity index (χ0n) is 10.1. The summed E-state index contributed by atoms with van der Waals surface area (Å²) < 4.78 is 67.1. The predicted molar refractivity (Wildman–Crippen MR) is 63.2 cm³/mol. The highest BCUT2D eigenvalue weighted by atomic mass is 35.5. The van der Waals surface area contributed by atoms with E-state index in [0.29, 0.717) is 0 Å². The number of nitrogens with two attached hydrogens (primary N) is 1. The standard InChI is InChI=1S/C11H12ClF5N2O/c12-6-1-2-7(8(13)3-6)9(19-18)4-20-5-11(16,17)10(14)15/h1-3,9-10,19H,4-5,18H2. The van der Waals surface area contributed by atoms with Crippen molar-refractivity contribution in [3.8, 4) is 0 Å². The number of hydrogen-bond acceptors (Lipinski definition) is 3. The van der Waals surface area contributed by atoms with E-state index in [-0.39, 0.29) is 10.6 Å². The smallest absolute Gasteiger partial charge is 0.330 e. The summed E-state index contributed by atoms with van der Waals surface area (Å²) in [6, 6.07) is 2.70. The SMILES string of the molecule is NNC(COCC(F)(F)C(F)F)c1ccc(Cl)cc1F. The minimum Gasteiger partial charge on any atom is -0.373 e. The highest BCUT2D eigenvalue weighted by Gasteiger charge is 2.41. The van der Waals surface area contributed by atoms with Crippen LogP contribution < -0.4 is 11.3 Å². The Morgan fingerprint density at radius 1 is 1.35 bits per heavy atom. The van der Waals surface area contributed by atoms with E-state index in [9.17, 15) is 22.0 Å². The number of hydrogen-bond donors (Lipinski definition) is 2. The summed E-state index contributed by atoms with van der Waals surface area (Å²) in [5, 5.41) is 0.146. The first-order valence-corrected chi connectivity index (χ1v) is 5.80. The third-order valence-corrected chi connectivity index (χ3v) is 2.67. The Balaban J connectivity index is 2.64. The van der Waals surface area contributed by atoms with E-state index in [2.05, 4.69) is 10.2 Å². The Labute approximate surface area is 116 Å². The van der Waals surface area contributed by atoms with Gasteiger partial charge < -0.3 is 4.74 Å². The first kappa shape index (κ1) is 17.1. The van der Waals surface area contributed by atoms with Crippen LogP contribution >= 0.6 is 11.6 Å². The molecule has 1 unspecified atom stereocenters. The van der Waals surface area contributed by atoms with Crippen molar-refractivity contribution in [2.24, 2.45) is 5.84 Å². The molecule has 0 fully saturated rings. The lowest BCUT2D eigenvalue weighted by atomic mass is 10.1. The topological polar surface area (TPSA) is 47.3 Å². The van der Waals surface area contributed by atoms with Crippen molar-refractivity contribution in [3.05, 3.63) is 34.6 Å². The van der Waals surface area contributed by atoms with Gasteiger partial charge in [-0.05, 0) is 12.1 Å². The summed E-state index contributed by atoms with van der Waals surface area (Å²) in [6.45, 7) is -1.99. The molecule has 0 saturated carbocycles. The van der Waals surface area contributed by atoms with Crippen LogP contribution in [0.25, 0.3) is 0 Å². The molecule has 9 heteroatoms. The summed E-state index contributed by atoms with van der Waals surface area (Å²) in [5.74, 6) is 0.172. The van der Waals surface area contributed by atoms with Gasteiger partial charge in [-0.25, -0.2) is 13.2 Å². The molecule has 0 radical (unpaired) electrons. The van der Waals surface area contributed by atoms with E-state index in [4.69, 9.17) is 17.4 Å². The van der Waals surface area contributed by atoms with Crippen molar-refractivity contribution in [3.63, 3.8) is 0 Å². The van der Waals surface area contributed by atoms with Gasteiger partial charge in [0.05, 0.1) is 12.6 Å².